The molecule has 0 aromatic rings. The summed E-state index contributed by atoms with van der Waals surface area (Å²) in [4.78, 5) is 0. The van der Waals surface area contributed by atoms with Gasteiger partial charge in [0.1, 0.15) is 6.07 Å². The summed E-state index contributed by atoms with van der Waals surface area (Å²) in [7, 11) is 0. The van der Waals surface area contributed by atoms with Gasteiger partial charge in [-0.05, 0) is 68.3 Å². The Kier molecular flexibility index (Phi) is 9.30. The first kappa shape index (κ1) is 20.2. The fourth-order valence-electron chi connectivity index (χ4n) is 5.01. The van der Waals surface area contributed by atoms with Crippen molar-refractivity contribution in [3.8, 4) is 6.07 Å². The molecule has 2 fully saturated rings. The highest BCUT2D eigenvalue weighted by Crippen LogP contribution is 2.43. The molecular weight excluding hydrogens is 309 g/mol. The van der Waals surface area contributed by atoms with E-state index in [4.69, 9.17) is 5.26 Å². The highest BCUT2D eigenvalue weighted by molar-refractivity contribution is 5.18. The van der Waals surface area contributed by atoms with Gasteiger partial charge in [0.15, 0.2) is 5.83 Å². The van der Waals surface area contributed by atoms with E-state index in [1.54, 1.807) is 6.08 Å². The van der Waals surface area contributed by atoms with E-state index in [9.17, 15) is 4.39 Å². The average molecular weight is 346 g/mol. The third-order valence-corrected chi connectivity index (χ3v) is 6.64. The van der Waals surface area contributed by atoms with Crippen molar-refractivity contribution in [2.24, 2.45) is 23.7 Å². The molecule has 2 heteroatoms. The molecule has 0 atom stereocenters. The van der Waals surface area contributed by atoms with Crippen LogP contribution in [0, 0.1) is 35.0 Å². The molecule has 0 saturated heterocycles. The molecule has 0 bridgehead atoms. The minimum Gasteiger partial charge on any atom is -0.195 e. The van der Waals surface area contributed by atoms with Crippen molar-refractivity contribution < 1.29 is 4.39 Å². The number of allylic oxidation sites excluding steroid dienone is 4. The number of unbranched alkanes of at least 4 members (excludes halogenated alkanes) is 1. The molecule has 0 aliphatic heterocycles. The third kappa shape index (κ3) is 7.35. The van der Waals surface area contributed by atoms with Crippen LogP contribution in [0.25, 0.3) is 0 Å². The lowest BCUT2D eigenvalue weighted by Gasteiger charge is -2.38. The van der Waals surface area contributed by atoms with E-state index < -0.39 is 5.83 Å². The quantitative estimate of drug-likeness (QED) is 0.330. The van der Waals surface area contributed by atoms with Crippen molar-refractivity contribution in [2.45, 2.75) is 90.4 Å². The van der Waals surface area contributed by atoms with Gasteiger partial charge >= 0.3 is 0 Å². The Morgan fingerprint density at radius 3 is 2.04 bits per heavy atom. The second-order valence-electron chi connectivity index (χ2n) is 8.34. The van der Waals surface area contributed by atoms with Gasteiger partial charge in [-0.25, -0.2) is 0 Å². The van der Waals surface area contributed by atoms with Gasteiger partial charge in [0.05, 0.1) is 0 Å². The van der Waals surface area contributed by atoms with E-state index in [1.807, 2.05) is 6.08 Å². The molecule has 2 aliphatic rings. The normalized spacial score (nSPS) is 31.2. The second kappa shape index (κ2) is 11.5. The van der Waals surface area contributed by atoms with Crippen LogP contribution in [0.5, 0.6) is 0 Å². The molecule has 0 radical (unpaired) electrons. The first-order chi connectivity index (χ1) is 12.2. The van der Waals surface area contributed by atoms with Gasteiger partial charge in [0, 0.05) is 0 Å². The first-order valence-corrected chi connectivity index (χ1v) is 10.6. The molecular formula is C23H36FN. The zero-order valence-electron chi connectivity index (χ0n) is 16.1. The van der Waals surface area contributed by atoms with Crippen LogP contribution in [0.4, 0.5) is 4.39 Å². The molecule has 2 rings (SSSR count). The lowest BCUT2D eigenvalue weighted by atomic mass is 9.68. The monoisotopic (exact) mass is 345 g/mol. The number of nitriles is 1. The Morgan fingerprint density at radius 1 is 0.960 bits per heavy atom. The van der Waals surface area contributed by atoms with Crippen molar-refractivity contribution in [1.29, 1.82) is 5.26 Å². The van der Waals surface area contributed by atoms with E-state index in [0.717, 1.165) is 30.1 Å². The topological polar surface area (TPSA) is 23.8 Å². The van der Waals surface area contributed by atoms with Crippen LogP contribution in [0.1, 0.15) is 90.4 Å². The molecule has 0 aromatic carbocycles. The highest BCUT2D eigenvalue weighted by atomic mass is 19.1. The summed E-state index contributed by atoms with van der Waals surface area (Å²) in [5.41, 5.74) is 0. The molecule has 0 spiro atoms. The van der Waals surface area contributed by atoms with E-state index in [-0.39, 0.29) is 0 Å². The fourth-order valence-corrected chi connectivity index (χ4v) is 5.01. The van der Waals surface area contributed by atoms with Crippen LogP contribution in [-0.2, 0) is 0 Å². The average Bonchev–Trinajstić information content (AvgIpc) is 2.67. The summed E-state index contributed by atoms with van der Waals surface area (Å²) in [5, 5.41) is 8.35. The Bertz CT molecular complexity index is 457. The minimum atomic E-state index is -0.707. The molecule has 2 saturated carbocycles. The molecule has 25 heavy (non-hydrogen) atoms. The molecule has 1 nitrogen and oxygen atoms in total. The van der Waals surface area contributed by atoms with Crippen LogP contribution in [0.15, 0.2) is 24.1 Å². The number of nitrogens with zero attached hydrogens (tertiary/aromatic N) is 1. The van der Waals surface area contributed by atoms with Gasteiger partial charge in [-0.1, -0.05) is 64.0 Å². The van der Waals surface area contributed by atoms with E-state index in [1.165, 1.54) is 89.2 Å². The lowest BCUT2D eigenvalue weighted by Crippen LogP contribution is -2.25. The van der Waals surface area contributed by atoms with Crippen LogP contribution in [-0.4, -0.2) is 0 Å². The largest absolute Gasteiger partial charge is 0.199 e. The number of hydrogen-bond acceptors (Lipinski definition) is 1. The van der Waals surface area contributed by atoms with Crippen LogP contribution < -0.4 is 0 Å². The first-order valence-electron chi connectivity index (χ1n) is 10.6. The van der Waals surface area contributed by atoms with Gasteiger partial charge in [0.25, 0.3) is 0 Å². The van der Waals surface area contributed by atoms with Gasteiger partial charge in [-0.3, -0.25) is 0 Å². The number of hydrogen-bond donors (Lipinski definition) is 0. The zero-order chi connectivity index (χ0) is 17.9. The standard InChI is InChI=1S/C23H36FN/c1-2-3-7-19-10-14-21(15-11-19)22-16-12-20(13-17-22)8-5-4-6-9-23(24)18-25/h4,6,9,19-22H,2-3,5,7-8,10-17H2,1H3/t19-,20?,21-,22?. The molecule has 0 unspecified atom stereocenters. The van der Waals surface area contributed by atoms with Crippen molar-refractivity contribution in [3.63, 3.8) is 0 Å². The molecule has 0 heterocycles. The maximum Gasteiger partial charge on any atom is 0.199 e. The zero-order valence-corrected chi connectivity index (χ0v) is 16.1. The lowest BCUT2D eigenvalue weighted by molar-refractivity contribution is 0.141. The van der Waals surface area contributed by atoms with Crippen molar-refractivity contribution in [3.05, 3.63) is 24.1 Å². The Morgan fingerprint density at radius 2 is 1.52 bits per heavy atom. The maximum atomic E-state index is 12.7. The fraction of sp³-hybridized carbons (Fsp3) is 0.783. The Hall–Kier alpha value is -1.10. The summed E-state index contributed by atoms with van der Waals surface area (Å²) in [6.07, 6.45) is 23.0. The van der Waals surface area contributed by atoms with Gasteiger partial charge in [-0.15, -0.1) is 0 Å². The highest BCUT2D eigenvalue weighted by Gasteiger charge is 2.30. The Balaban J connectivity index is 1.60. The summed E-state index contributed by atoms with van der Waals surface area (Å²) < 4.78 is 12.7. The van der Waals surface area contributed by atoms with Gasteiger partial charge in [0.2, 0.25) is 0 Å². The van der Waals surface area contributed by atoms with Gasteiger partial charge in [-0.2, -0.15) is 9.65 Å². The Labute approximate surface area is 154 Å². The summed E-state index contributed by atoms with van der Waals surface area (Å²) in [6.45, 7) is 2.31. The predicted octanol–water partition coefficient (Wildman–Crippen LogP) is 7.50. The van der Waals surface area contributed by atoms with Crippen molar-refractivity contribution >= 4 is 0 Å². The molecule has 0 amide bonds. The van der Waals surface area contributed by atoms with Crippen molar-refractivity contribution in [1.82, 2.24) is 0 Å². The summed E-state index contributed by atoms with van der Waals surface area (Å²) in [5.74, 6) is 3.18. The smallest absolute Gasteiger partial charge is 0.195 e. The van der Waals surface area contributed by atoms with Crippen LogP contribution in [0.2, 0.25) is 0 Å². The van der Waals surface area contributed by atoms with Crippen LogP contribution >= 0.6 is 0 Å². The minimum absolute atomic E-state index is 0.707. The van der Waals surface area contributed by atoms with E-state index in [2.05, 4.69) is 6.92 Å². The SMILES string of the molecule is CCCC[C@H]1CC[C@H](C2CCC(CCC=CC=C(F)C#N)CC2)CC1. The predicted molar refractivity (Wildman–Crippen MR) is 104 cm³/mol. The van der Waals surface area contributed by atoms with Crippen molar-refractivity contribution in [2.75, 3.05) is 0 Å². The molecule has 0 aromatic heterocycles. The third-order valence-electron chi connectivity index (χ3n) is 6.64. The molecule has 2 aliphatic carbocycles. The maximum absolute atomic E-state index is 12.7. The summed E-state index contributed by atoms with van der Waals surface area (Å²) >= 11 is 0. The van der Waals surface area contributed by atoms with E-state index >= 15 is 0 Å². The number of rotatable bonds is 8. The number of halogens is 1. The summed E-state index contributed by atoms with van der Waals surface area (Å²) in [6, 6.07) is 1.50. The van der Waals surface area contributed by atoms with Gasteiger partial charge < -0.3 is 0 Å². The second-order valence-corrected chi connectivity index (χ2v) is 8.34. The molecule has 140 valence electrons. The molecule has 0 N–H and O–H groups in total. The van der Waals surface area contributed by atoms with Crippen LogP contribution in [0.3, 0.4) is 0 Å². The van der Waals surface area contributed by atoms with E-state index in [0.29, 0.717) is 0 Å².